The van der Waals surface area contributed by atoms with Crippen molar-refractivity contribution in [3.8, 4) is 22.4 Å². The van der Waals surface area contributed by atoms with E-state index >= 15 is 0 Å². The first kappa shape index (κ1) is 17.6. The number of hydrogen-bond acceptors (Lipinski definition) is 3. The van der Waals surface area contributed by atoms with Gasteiger partial charge in [0, 0.05) is 5.56 Å². The number of aliphatic imine (C=N–C) groups is 1. The molecular weight excluding hydrogens is 394 g/mol. The van der Waals surface area contributed by atoms with Gasteiger partial charge in [0.2, 0.25) is 0 Å². The highest BCUT2D eigenvalue weighted by Crippen LogP contribution is 2.40. The Balaban J connectivity index is 1.74. The average Bonchev–Trinajstić information content (AvgIpc) is 3.10. The van der Waals surface area contributed by atoms with Crippen molar-refractivity contribution >= 4 is 28.8 Å². The number of benzene rings is 3. The van der Waals surface area contributed by atoms with E-state index in [2.05, 4.69) is 20.5 Å². The number of aromatic amines is 1. The zero-order chi connectivity index (χ0) is 20.0. The first-order valence-corrected chi connectivity index (χ1v) is 9.22. The van der Waals surface area contributed by atoms with Crippen LogP contribution in [0.25, 0.3) is 22.4 Å². The van der Waals surface area contributed by atoms with Crippen molar-refractivity contribution in [2.75, 3.05) is 5.32 Å². The second-order valence-electron chi connectivity index (χ2n) is 6.58. The largest absolute Gasteiger partial charge is 0.337 e. The van der Waals surface area contributed by atoms with Crippen LogP contribution in [0.15, 0.2) is 71.9 Å². The molecule has 2 heterocycles. The lowest BCUT2D eigenvalue weighted by molar-refractivity contribution is 0.625. The molecule has 4 aromatic rings. The summed E-state index contributed by atoms with van der Waals surface area (Å²) in [5.74, 6) is -0.540. The van der Waals surface area contributed by atoms with Gasteiger partial charge >= 0.3 is 0 Å². The van der Waals surface area contributed by atoms with Gasteiger partial charge in [-0.1, -0.05) is 35.9 Å². The monoisotopic (exact) mass is 406 g/mol. The number of nitrogens with one attached hydrogen (secondary N) is 2. The van der Waals surface area contributed by atoms with Gasteiger partial charge in [-0.05, 0) is 47.5 Å². The van der Waals surface area contributed by atoms with Crippen molar-refractivity contribution in [2.45, 2.75) is 0 Å². The summed E-state index contributed by atoms with van der Waals surface area (Å²) in [7, 11) is 0. The van der Waals surface area contributed by atoms with E-state index in [1.807, 2.05) is 24.3 Å². The number of anilines is 1. The highest BCUT2D eigenvalue weighted by atomic mass is 35.5. The summed E-state index contributed by atoms with van der Waals surface area (Å²) in [5.41, 5.74) is 4.41. The summed E-state index contributed by atoms with van der Waals surface area (Å²) >= 11 is 6.26. The van der Waals surface area contributed by atoms with Crippen LogP contribution in [-0.2, 0) is 0 Å². The third-order valence-electron chi connectivity index (χ3n) is 4.75. The van der Waals surface area contributed by atoms with Crippen molar-refractivity contribution < 1.29 is 8.78 Å². The molecule has 1 aliphatic rings. The highest BCUT2D eigenvalue weighted by molar-refractivity contribution is 6.35. The van der Waals surface area contributed by atoms with Gasteiger partial charge in [-0.2, -0.15) is 5.10 Å². The van der Waals surface area contributed by atoms with Crippen molar-refractivity contribution in [2.24, 2.45) is 4.99 Å². The van der Waals surface area contributed by atoms with E-state index in [1.165, 1.54) is 24.3 Å². The molecule has 3 aromatic carbocycles. The van der Waals surface area contributed by atoms with E-state index in [0.29, 0.717) is 11.4 Å². The van der Waals surface area contributed by atoms with Crippen LogP contribution in [0.5, 0.6) is 0 Å². The smallest absolute Gasteiger partial charge is 0.142 e. The number of aromatic nitrogens is 2. The van der Waals surface area contributed by atoms with Gasteiger partial charge in [0.15, 0.2) is 0 Å². The maximum absolute atomic E-state index is 14.6. The average molecular weight is 407 g/mol. The fourth-order valence-electron chi connectivity index (χ4n) is 3.39. The first-order chi connectivity index (χ1) is 14.1. The molecule has 5 rings (SSSR count). The van der Waals surface area contributed by atoms with Crippen LogP contribution in [0.1, 0.15) is 5.56 Å². The molecule has 1 aromatic heterocycles. The second-order valence-corrected chi connectivity index (χ2v) is 6.99. The lowest BCUT2D eigenvalue weighted by atomic mass is 10.0. The van der Waals surface area contributed by atoms with Crippen molar-refractivity contribution in [1.82, 2.24) is 10.2 Å². The summed E-state index contributed by atoms with van der Waals surface area (Å²) in [6, 6.07) is 16.4. The standard InChI is InChI=1S/C22H13ClF2N4/c23-16-5-2-6-17(25)20(16)22-27-18-10-13(12-3-1-4-14(24)9-12)7-8-15(18)21-19(28-22)11-26-29-21/h1-11H,(H,26,29)(H,27,28). The summed E-state index contributed by atoms with van der Waals surface area (Å²) in [6.45, 7) is 0. The Morgan fingerprint density at radius 3 is 2.55 bits per heavy atom. The van der Waals surface area contributed by atoms with Gasteiger partial charge in [0.05, 0.1) is 33.9 Å². The van der Waals surface area contributed by atoms with E-state index in [-0.39, 0.29) is 22.2 Å². The molecule has 0 radical (unpaired) electrons. The summed E-state index contributed by atoms with van der Waals surface area (Å²) in [5, 5.41) is 10.4. The topological polar surface area (TPSA) is 53.1 Å². The summed E-state index contributed by atoms with van der Waals surface area (Å²) in [4.78, 5) is 4.67. The van der Waals surface area contributed by atoms with Gasteiger partial charge in [-0.15, -0.1) is 0 Å². The number of amidine groups is 1. The predicted molar refractivity (Wildman–Crippen MR) is 111 cm³/mol. The maximum atomic E-state index is 14.6. The van der Waals surface area contributed by atoms with Crippen LogP contribution in [0.4, 0.5) is 20.2 Å². The quantitative estimate of drug-likeness (QED) is 0.417. The van der Waals surface area contributed by atoms with E-state index in [9.17, 15) is 8.78 Å². The highest BCUT2D eigenvalue weighted by Gasteiger charge is 2.22. The van der Waals surface area contributed by atoms with Crippen molar-refractivity contribution in [3.63, 3.8) is 0 Å². The van der Waals surface area contributed by atoms with Crippen LogP contribution < -0.4 is 5.32 Å². The Bertz CT molecular complexity index is 1260. The van der Waals surface area contributed by atoms with Crippen molar-refractivity contribution in [3.05, 3.63) is 89.1 Å². The number of nitrogens with zero attached hydrogens (tertiary/aromatic N) is 2. The molecule has 4 nitrogen and oxygen atoms in total. The third kappa shape index (κ3) is 3.07. The molecule has 0 amide bonds. The molecule has 0 saturated carbocycles. The Hall–Kier alpha value is -3.51. The molecule has 142 valence electrons. The Morgan fingerprint density at radius 2 is 1.72 bits per heavy atom. The van der Waals surface area contributed by atoms with E-state index in [0.717, 1.165) is 22.4 Å². The van der Waals surface area contributed by atoms with Crippen LogP contribution in [0.3, 0.4) is 0 Å². The number of rotatable bonds is 2. The van der Waals surface area contributed by atoms with Crippen LogP contribution >= 0.6 is 11.6 Å². The molecular formula is C22H13ClF2N4. The minimum Gasteiger partial charge on any atom is -0.337 e. The SMILES string of the molecule is Fc1cccc(-c2ccc3c(c2)N=C(c2c(F)cccc2Cl)Nc2cn[nH]c2-3)c1. The Kier molecular flexibility index (Phi) is 4.14. The van der Waals surface area contributed by atoms with Crippen LogP contribution in [0.2, 0.25) is 5.02 Å². The maximum Gasteiger partial charge on any atom is 0.142 e. The predicted octanol–water partition coefficient (Wildman–Crippen LogP) is 6.18. The molecule has 29 heavy (non-hydrogen) atoms. The number of halogens is 3. The van der Waals surface area contributed by atoms with Gasteiger partial charge < -0.3 is 5.32 Å². The Labute approximate surface area is 169 Å². The molecule has 0 aliphatic carbocycles. The van der Waals surface area contributed by atoms with Gasteiger partial charge in [-0.25, -0.2) is 13.8 Å². The fourth-order valence-corrected chi connectivity index (χ4v) is 3.64. The molecule has 7 heteroatoms. The molecule has 0 atom stereocenters. The van der Waals surface area contributed by atoms with E-state index in [1.54, 1.807) is 18.3 Å². The van der Waals surface area contributed by atoms with Crippen molar-refractivity contribution in [1.29, 1.82) is 0 Å². The fraction of sp³-hybridized carbons (Fsp3) is 0. The number of fused-ring (bicyclic) bond motifs is 3. The second kappa shape index (κ2) is 6.83. The number of H-pyrrole nitrogens is 1. The van der Waals surface area contributed by atoms with Gasteiger partial charge in [-0.3, -0.25) is 5.10 Å². The molecule has 0 fully saturated rings. The molecule has 2 N–H and O–H groups in total. The Morgan fingerprint density at radius 1 is 0.897 bits per heavy atom. The van der Waals surface area contributed by atoms with Crippen LogP contribution in [-0.4, -0.2) is 16.0 Å². The van der Waals surface area contributed by atoms with Gasteiger partial charge in [0.1, 0.15) is 17.5 Å². The summed E-state index contributed by atoms with van der Waals surface area (Å²) < 4.78 is 28.2. The lowest BCUT2D eigenvalue weighted by Crippen LogP contribution is -2.15. The molecule has 0 saturated heterocycles. The molecule has 0 bridgehead atoms. The first-order valence-electron chi connectivity index (χ1n) is 8.84. The van der Waals surface area contributed by atoms with E-state index < -0.39 is 5.82 Å². The van der Waals surface area contributed by atoms with Crippen LogP contribution in [0, 0.1) is 11.6 Å². The minimum atomic E-state index is -0.487. The van der Waals surface area contributed by atoms with E-state index in [4.69, 9.17) is 11.6 Å². The zero-order valence-electron chi connectivity index (χ0n) is 14.9. The molecule has 0 unspecified atom stereocenters. The molecule has 1 aliphatic heterocycles. The molecule has 0 spiro atoms. The zero-order valence-corrected chi connectivity index (χ0v) is 15.6. The normalized spacial score (nSPS) is 12.4. The summed E-state index contributed by atoms with van der Waals surface area (Å²) in [6.07, 6.45) is 1.61. The third-order valence-corrected chi connectivity index (χ3v) is 5.06. The lowest BCUT2D eigenvalue weighted by Gasteiger charge is -2.10. The number of hydrogen-bond donors (Lipinski definition) is 2. The minimum absolute atomic E-state index is 0.172. The van der Waals surface area contributed by atoms with Gasteiger partial charge in [0.25, 0.3) is 0 Å².